The SMILES string of the molecule is c1ccc(N(c2ccccc2)c2ccc([Si]c3ccc(N(c4ccccc4)c4cccc5ccccc45)cc3)cc2)cc1. The first-order chi connectivity index (χ1) is 21.3. The van der Waals surface area contributed by atoms with Crippen molar-refractivity contribution in [1.82, 2.24) is 0 Å². The van der Waals surface area contributed by atoms with Gasteiger partial charge in [-0.2, -0.15) is 0 Å². The second kappa shape index (κ2) is 12.2. The van der Waals surface area contributed by atoms with Crippen LogP contribution >= 0.6 is 0 Å². The van der Waals surface area contributed by atoms with Crippen molar-refractivity contribution in [3.8, 4) is 0 Å². The van der Waals surface area contributed by atoms with Crippen LogP contribution < -0.4 is 20.2 Å². The van der Waals surface area contributed by atoms with E-state index in [2.05, 4.69) is 192 Å². The summed E-state index contributed by atoms with van der Waals surface area (Å²) in [5, 5.41) is 5.09. The molecule has 0 amide bonds. The van der Waals surface area contributed by atoms with Gasteiger partial charge in [0.25, 0.3) is 0 Å². The first-order valence-electron chi connectivity index (χ1n) is 14.5. The highest BCUT2D eigenvalue weighted by atomic mass is 28.2. The Morgan fingerprint density at radius 3 is 1.23 bits per heavy atom. The van der Waals surface area contributed by atoms with E-state index in [-0.39, 0.29) is 0 Å². The van der Waals surface area contributed by atoms with E-state index in [9.17, 15) is 0 Å². The summed E-state index contributed by atoms with van der Waals surface area (Å²) in [6.45, 7) is 0. The molecule has 2 nitrogen and oxygen atoms in total. The predicted molar refractivity (Wildman–Crippen MR) is 185 cm³/mol. The second-order valence-corrected chi connectivity index (χ2v) is 11.8. The first-order valence-corrected chi connectivity index (χ1v) is 15.5. The summed E-state index contributed by atoms with van der Waals surface area (Å²) in [6, 6.07) is 64.8. The van der Waals surface area contributed by atoms with Crippen LogP contribution in [-0.4, -0.2) is 9.52 Å². The van der Waals surface area contributed by atoms with Crippen molar-refractivity contribution in [2.75, 3.05) is 9.80 Å². The maximum atomic E-state index is 2.35. The van der Waals surface area contributed by atoms with Crippen LogP contribution in [-0.2, 0) is 0 Å². The molecule has 7 rings (SSSR count). The lowest BCUT2D eigenvalue weighted by molar-refractivity contribution is 1.29. The van der Waals surface area contributed by atoms with E-state index >= 15 is 0 Å². The van der Waals surface area contributed by atoms with E-state index in [1.165, 1.54) is 26.8 Å². The average Bonchev–Trinajstić information content (AvgIpc) is 3.08. The molecule has 0 N–H and O–H groups in total. The van der Waals surface area contributed by atoms with Crippen LogP contribution in [0.2, 0.25) is 0 Å². The van der Waals surface area contributed by atoms with Gasteiger partial charge < -0.3 is 9.80 Å². The predicted octanol–water partition coefficient (Wildman–Crippen LogP) is 9.43. The number of hydrogen-bond donors (Lipinski definition) is 0. The van der Waals surface area contributed by atoms with Gasteiger partial charge in [0, 0.05) is 33.8 Å². The number of para-hydroxylation sites is 3. The molecule has 0 saturated carbocycles. The van der Waals surface area contributed by atoms with E-state index in [4.69, 9.17) is 0 Å². The topological polar surface area (TPSA) is 6.48 Å². The van der Waals surface area contributed by atoms with Crippen molar-refractivity contribution in [1.29, 1.82) is 0 Å². The van der Waals surface area contributed by atoms with Crippen LogP contribution in [0.25, 0.3) is 10.8 Å². The van der Waals surface area contributed by atoms with Gasteiger partial charge in [-0.3, -0.25) is 0 Å². The number of fused-ring (bicyclic) bond motifs is 1. The Bertz CT molecular complexity index is 1880. The molecule has 7 aromatic rings. The molecule has 0 bridgehead atoms. The highest BCUT2D eigenvalue weighted by molar-refractivity contribution is 6.67. The molecular formula is C40H30N2Si. The van der Waals surface area contributed by atoms with Gasteiger partial charge in [0.15, 0.2) is 0 Å². The normalized spacial score (nSPS) is 10.9. The lowest BCUT2D eigenvalue weighted by atomic mass is 10.1. The van der Waals surface area contributed by atoms with Crippen molar-refractivity contribution < 1.29 is 0 Å². The van der Waals surface area contributed by atoms with E-state index < -0.39 is 0 Å². The largest absolute Gasteiger partial charge is 0.311 e. The minimum Gasteiger partial charge on any atom is -0.311 e. The molecule has 0 aliphatic carbocycles. The second-order valence-electron chi connectivity index (χ2n) is 10.4. The van der Waals surface area contributed by atoms with Crippen LogP contribution in [0.15, 0.2) is 182 Å². The monoisotopic (exact) mass is 566 g/mol. The molecule has 0 heterocycles. The highest BCUT2D eigenvalue weighted by Gasteiger charge is 2.15. The number of benzene rings is 7. The molecule has 0 spiro atoms. The Labute approximate surface area is 255 Å². The number of anilines is 6. The molecule has 0 atom stereocenters. The lowest BCUT2D eigenvalue weighted by Crippen LogP contribution is -2.27. The van der Waals surface area contributed by atoms with Crippen LogP contribution in [0, 0.1) is 0 Å². The van der Waals surface area contributed by atoms with Gasteiger partial charge in [-0.15, -0.1) is 0 Å². The summed E-state index contributed by atoms with van der Waals surface area (Å²) in [7, 11) is 0.570. The van der Waals surface area contributed by atoms with Gasteiger partial charge in [-0.05, 0) is 72.1 Å². The third-order valence-electron chi connectivity index (χ3n) is 7.59. The minimum atomic E-state index is 0.570. The van der Waals surface area contributed by atoms with E-state index in [0.29, 0.717) is 9.52 Å². The lowest BCUT2D eigenvalue weighted by Gasteiger charge is -2.27. The molecule has 0 fully saturated rings. The zero-order valence-electron chi connectivity index (χ0n) is 23.7. The van der Waals surface area contributed by atoms with E-state index in [1.807, 2.05) is 0 Å². The van der Waals surface area contributed by atoms with Gasteiger partial charge in [0.2, 0.25) is 0 Å². The standard InChI is InChI=1S/C40H30N2Si/c1-4-15-32(16-5-1)41(33-17-6-2-7-18-33)35-23-27-37(28-24-35)43-38-29-25-36(26-30-38)42(34-19-8-3-9-20-34)40-22-12-14-31-13-10-11-21-39(31)40/h1-30H. The third-order valence-corrected chi connectivity index (χ3v) is 8.83. The average molecular weight is 567 g/mol. The van der Waals surface area contributed by atoms with E-state index in [0.717, 1.165) is 28.4 Å². The van der Waals surface area contributed by atoms with Gasteiger partial charge in [0.1, 0.15) is 9.52 Å². The van der Waals surface area contributed by atoms with Gasteiger partial charge >= 0.3 is 0 Å². The number of rotatable bonds is 8. The first kappa shape index (κ1) is 26.5. The zero-order chi connectivity index (χ0) is 28.8. The summed E-state index contributed by atoms with van der Waals surface area (Å²) in [5.41, 5.74) is 6.91. The molecule has 0 aliphatic heterocycles. The smallest absolute Gasteiger partial charge is 0.121 e. The summed E-state index contributed by atoms with van der Waals surface area (Å²) < 4.78 is 0. The van der Waals surface area contributed by atoms with Crippen molar-refractivity contribution in [3.05, 3.63) is 182 Å². The summed E-state index contributed by atoms with van der Waals surface area (Å²) in [4.78, 5) is 4.65. The van der Waals surface area contributed by atoms with Crippen molar-refractivity contribution in [2.24, 2.45) is 0 Å². The molecule has 0 saturated heterocycles. The molecule has 43 heavy (non-hydrogen) atoms. The quantitative estimate of drug-likeness (QED) is 0.169. The maximum Gasteiger partial charge on any atom is 0.121 e. The molecule has 2 radical (unpaired) electrons. The number of nitrogens with zero attached hydrogens (tertiary/aromatic N) is 2. The molecule has 7 aromatic carbocycles. The van der Waals surface area contributed by atoms with Gasteiger partial charge in [-0.1, -0.05) is 126 Å². The van der Waals surface area contributed by atoms with Crippen molar-refractivity contribution in [2.45, 2.75) is 0 Å². The van der Waals surface area contributed by atoms with Crippen molar-refractivity contribution >= 4 is 64.8 Å². The molecule has 3 heteroatoms. The molecule has 0 aliphatic rings. The Kier molecular flexibility index (Phi) is 7.54. The van der Waals surface area contributed by atoms with Crippen LogP contribution in [0.3, 0.4) is 0 Å². The maximum absolute atomic E-state index is 2.35. The summed E-state index contributed by atoms with van der Waals surface area (Å²) >= 11 is 0. The van der Waals surface area contributed by atoms with Crippen LogP contribution in [0.4, 0.5) is 34.1 Å². The van der Waals surface area contributed by atoms with Crippen LogP contribution in [0.1, 0.15) is 0 Å². The fraction of sp³-hybridized carbons (Fsp3) is 0. The summed E-state index contributed by atoms with van der Waals surface area (Å²) in [6.07, 6.45) is 0. The van der Waals surface area contributed by atoms with Crippen molar-refractivity contribution in [3.63, 3.8) is 0 Å². The zero-order valence-corrected chi connectivity index (χ0v) is 24.7. The number of hydrogen-bond acceptors (Lipinski definition) is 2. The Morgan fingerprint density at radius 2 is 0.698 bits per heavy atom. The van der Waals surface area contributed by atoms with Crippen LogP contribution in [0.5, 0.6) is 0 Å². The Morgan fingerprint density at radius 1 is 0.302 bits per heavy atom. The fourth-order valence-electron chi connectivity index (χ4n) is 5.56. The molecule has 0 aromatic heterocycles. The third kappa shape index (κ3) is 5.72. The minimum absolute atomic E-state index is 0.570. The Balaban J connectivity index is 1.16. The summed E-state index contributed by atoms with van der Waals surface area (Å²) in [5.74, 6) is 0. The fourth-order valence-corrected chi connectivity index (χ4v) is 6.56. The highest BCUT2D eigenvalue weighted by Crippen LogP contribution is 2.38. The molecule has 0 unspecified atom stereocenters. The van der Waals surface area contributed by atoms with Gasteiger partial charge in [0.05, 0.1) is 5.69 Å². The molecular weight excluding hydrogens is 537 g/mol. The van der Waals surface area contributed by atoms with E-state index in [1.54, 1.807) is 0 Å². The Hall–Kier alpha value is -5.38. The van der Waals surface area contributed by atoms with Gasteiger partial charge in [-0.25, -0.2) is 0 Å². The molecule has 204 valence electrons.